The van der Waals surface area contributed by atoms with E-state index >= 15 is 0 Å². The molecule has 0 aromatic carbocycles. The molecule has 0 spiro atoms. The molecule has 21 heavy (non-hydrogen) atoms. The average molecular weight is 313 g/mol. The number of morpholine rings is 1. The van der Waals surface area contributed by atoms with Crippen molar-refractivity contribution in [3.05, 3.63) is 16.1 Å². The summed E-state index contributed by atoms with van der Waals surface area (Å²) in [5, 5.41) is 12.5. The Balaban J connectivity index is 1.75. The molecule has 1 fully saturated rings. The zero-order valence-corrected chi connectivity index (χ0v) is 12.0. The van der Waals surface area contributed by atoms with Crippen LogP contribution in [-0.4, -0.2) is 65.6 Å². The van der Waals surface area contributed by atoms with Gasteiger partial charge >= 0.3 is 5.97 Å². The summed E-state index contributed by atoms with van der Waals surface area (Å²) in [5.41, 5.74) is 0.0521. The molecule has 0 aliphatic carbocycles. The Labute approximate surface area is 124 Å². The largest absolute Gasteiger partial charge is 0.476 e. The van der Waals surface area contributed by atoms with E-state index in [4.69, 9.17) is 9.84 Å². The number of amides is 2. The van der Waals surface area contributed by atoms with Crippen LogP contribution in [0.3, 0.4) is 0 Å². The number of thiazole rings is 1. The van der Waals surface area contributed by atoms with E-state index in [0.717, 1.165) is 11.3 Å². The second-order valence-corrected chi connectivity index (χ2v) is 5.20. The van der Waals surface area contributed by atoms with Gasteiger partial charge in [0.25, 0.3) is 5.91 Å². The minimum Gasteiger partial charge on any atom is -0.476 e. The van der Waals surface area contributed by atoms with Crippen LogP contribution in [0.15, 0.2) is 5.38 Å². The molecule has 0 saturated carbocycles. The Morgan fingerprint density at radius 2 is 2.10 bits per heavy atom. The molecule has 1 aliphatic heterocycles. The predicted molar refractivity (Wildman–Crippen MR) is 73.4 cm³/mol. The standard InChI is InChI=1S/C12H15N3O5S/c16-9(15-3-5-20-6-4-15)1-2-13-10(17)8-7-21-11(14-8)12(18)19/h7H,1-6H2,(H,13,17)(H,18,19). The maximum absolute atomic E-state index is 11.8. The lowest BCUT2D eigenvalue weighted by Gasteiger charge is -2.26. The highest BCUT2D eigenvalue weighted by atomic mass is 32.1. The summed E-state index contributed by atoms with van der Waals surface area (Å²) in [7, 11) is 0. The second-order valence-electron chi connectivity index (χ2n) is 4.34. The molecule has 1 aromatic rings. The molecule has 0 unspecified atom stereocenters. The molecule has 114 valence electrons. The fraction of sp³-hybridized carbons (Fsp3) is 0.500. The fourth-order valence-electron chi connectivity index (χ4n) is 1.82. The summed E-state index contributed by atoms with van der Waals surface area (Å²) in [6.45, 7) is 2.40. The van der Waals surface area contributed by atoms with Crippen LogP contribution in [0.4, 0.5) is 0 Å². The van der Waals surface area contributed by atoms with E-state index in [0.29, 0.717) is 26.3 Å². The summed E-state index contributed by atoms with van der Waals surface area (Å²) >= 11 is 0.888. The number of carbonyl (C=O) groups is 3. The Bertz CT molecular complexity index is 539. The number of aromatic nitrogens is 1. The van der Waals surface area contributed by atoms with E-state index in [2.05, 4.69) is 10.3 Å². The van der Waals surface area contributed by atoms with Gasteiger partial charge in [-0.1, -0.05) is 0 Å². The van der Waals surface area contributed by atoms with Gasteiger partial charge < -0.3 is 20.1 Å². The third-order valence-corrected chi connectivity index (χ3v) is 3.74. The van der Waals surface area contributed by atoms with Crippen molar-refractivity contribution in [3.8, 4) is 0 Å². The molecule has 2 N–H and O–H groups in total. The SMILES string of the molecule is O=C(NCCC(=O)N1CCOCC1)c1csc(C(=O)O)n1. The number of hydrogen-bond donors (Lipinski definition) is 2. The molecule has 2 heterocycles. The number of carboxylic acids is 1. The number of nitrogens with one attached hydrogen (secondary N) is 1. The van der Waals surface area contributed by atoms with Crippen LogP contribution < -0.4 is 5.32 Å². The number of carboxylic acid groups (broad SMARTS) is 1. The third kappa shape index (κ3) is 4.23. The first-order chi connectivity index (χ1) is 10.1. The molecule has 1 saturated heterocycles. The van der Waals surface area contributed by atoms with Crippen LogP contribution in [0.2, 0.25) is 0 Å². The number of hydrogen-bond acceptors (Lipinski definition) is 6. The van der Waals surface area contributed by atoms with E-state index < -0.39 is 11.9 Å². The smallest absolute Gasteiger partial charge is 0.365 e. The van der Waals surface area contributed by atoms with Crippen molar-refractivity contribution < 1.29 is 24.2 Å². The quantitative estimate of drug-likeness (QED) is 0.780. The van der Waals surface area contributed by atoms with Gasteiger partial charge in [0, 0.05) is 31.4 Å². The molecule has 2 amide bonds. The van der Waals surface area contributed by atoms with Gasteiger partial charge in [-0.2, -0.15) is 0 Å². The lowest BCUT2D eigenvalue weighted by molar-refractivity contribution is -0.135. The number of carbonyl (C=O) groups excluding carboxylic acids is 2. The van der Waals surface area contributed by atoms with Gasteiger partial charge in [-0.15, -0.1) is 11.3 Å². The first-order valence-electron chi connectivity index (χ1n) is 6.40. The molecule has 2 rings (SSSR count). The van der Waals surface area contributed by atoms with Gasteiger partial charge in [0.2, 0.25) is 10.9 Å². The highest BCUT2D eigenvalue weighted by Gasteiger charge is 2.18. The molecular formula is C12H15N3O5S. The lowest BCUT2D eigenvalue weighted by Crippen LogP contribution is -2.42. The van der Waals surface area contributed by atoms with Gasteiger partial charge in [0.05, 0.1) is 13.2 Å². The maximum Gasteiger partial charge on any atom is 0.365 e. The molecule has 0 bridgehead atoms. The van der Waals surface area contributed by atoms with Gasteiger partial charge in [0.1, 0.15) is 5.69 Å². The fourth-order valence-corrected chi connectivity index (χ4v) is 2.46. The maximum atomic E-state index is 11.8. The van der Waals surface area contributed by atoms with Crippen LogP contribution in [-0.2, 0) is 9.53 Å². The Hall–Kier alpha value is -2.00. The van der Waals surface area contributed by atoms with E-state index in [1.54, 1.807) is 4.90 Å². The van der Waals surface area contributed by atoms with Gasteiger partial charge in [0.15, 0.2) is 0 Å². The van der Waals surface area contributed by atoms with Crippen LogP contribution >= 0.6 is 11.3 Å². The van der Waals surface area contributed by atoms with E-state index in [9.17, 15) is 14.4 Å². The topological polar surface area (TPSA) is 109 Å². The number of aromatic carboxylic acids is 1. The van der Waals surface area contributed by atoms with Gasteiger partial charge in [-0.05, 0) is 0 Å². The van der Waals surface area contributed by atoms with E-state index in [1.807, 2.05) is 0 Å². The zero-order chi connectivity index (χ0) is 15.2. The van der Waals surface area contributed by atoms with Gasteiger partial charge in [-0.3, -0.25) is 9.59 Å². The van der Waals surface area contributed by atoms with Crippen molar-refractivity contribution in [3.63, 3.8) is 0 Å². The molecule has 8 nitrogen and oxygen atoms in total. The Morgan fingerprint density at radius 3 is 2.71 bits per heavy atom. The van der Waals surface area contributed by atoms with Crippen LogP contribution in [0.1, 0.15) is 26.7 Å². The summed E-state index contributed by atoms with van der Waals surface area (Å²) in [6.07, 6.45) is 0.196. The lowest BCUT2D eigenvalue weighted by atomic mass is 10.3. The van der Waals surface area contributed by atoms with Crippen molar-refractivity contribution in [2.75, 3.05) is 32.8 Å². The normalized spacial score (nSPS) is 14.8. The second kappa shape index (κ2) is 7.14. The number of nitrogens with zero attached hydrogens (tertiary/aromatic N) is 2. The van der Waals surface area contributed by atoms with Crippen LogP contribution in [0.5, 0.6) is 0 Å². The van der Waals surface area contributed by atoms with Crippen molar-refractivity contribution >= 4 is 29.1 Å². The molecule has 1 aromatic heterocycles. The first-order valence-corrected chi connectivity index (χ1v) is 7.28. The third-order valence-electron chi connectivity index (χ3n) is 2.91. The van der Waals surface area contributed by atoms with Crippen LogP contribution in [0, 0.1) is 0 Å². The van der Waals surface area contributed by atoms with E-state index in [1.165, 1.54) is 5.38 Å². The van der Waals surface area contributed by atoms with Gasteiger partial charge in [-0.25, -0.2) is 9.78 Å². The zero-order valence-electron chi connectivity index (χ0n) is 11.2. The summed E-state index contributed by atoms with van der Waals surface area (Å²) < 4.78 is 5.15. The van der Waals surface area contributed by atoms with Crippen molar-refractivity contribution in [2.45, 2.75) is 6.42 Å². The predicted octanol–water partition coefficient (Wildman–Crippen LogP) is -0.180. The highest BCUT2D eigenvalue weighted by Crippen LogP contribution is 2.09. The molecule has 0 atom stereocenters. The molecular weight excluding hydrogens is 298 g/mol. The average Bonchev–Trinajstić information content (AvgIpc) is 2.98. The Morgan fingerprint density at radius 1 is 1.38 bits per heavy atom. The van der Waals surface area contributed by atoms with E-state index in [-0.39, 0.29) is 29.6 Å². The number of rotatable bonds is 5. The first kappa shape index (κ1) is 15.4. The van der Waals surface area contributed by atoms with Crippen LogP contribution in [0.25, 0.3) is 0 Å². The minimum absolute atomic E-state index is 0.0388. The molecule has 0 radical (unpaired) electrons. The summed E-state index contributed by atoms with van der Waals surface area (Å²) in [5.74, 6) is -1.68. The van der Waals surface area contributed by atoms with Crippen molar-refractivity contribution in [1.29, 1.82) is 0 Å². The monoisotopic (exact) mass is 313 g/mol. The highest BCUT2D eigenvalue weighted by molar-refractivity contribution is 7.11. The molecule has 9 heteroatoms. The van der Waals surface area contributed by atoms with Crippen molar-refractivity contribution in [2.24, 2.45) is 0 Å². The summed E-state index contributed by atoms with van der Waals surface area (Å²) in [4.78, 5) is 39.6. The van der Waals surface area contributed by atoms with Crippen molar-refractivity contribution in [1.82, 2.24) is 15.2 Å². The molecule has 1 aliphatic rings. The summed E-state index contributed by atoms with van der Waals surface area (Å²) in [6, 6.07) is 0. The minimum atomic E-state index is -1.17. The Kier molecular flexibility index (Phi) is 5.23. The number of ether oxygens (including phenoxy) is 1.